The van der Waals surface area contributed by atoms with E-state index in [1.165, 1.54) is 6.21 Å². The highest BCUT2D eigenvalue weighted by atomic mass is 14.3. The van der Waals surface area contributed by atoms with Gasteiger partial charge in [-0.3, -0.25) is 0 Å². The second-order valence-electron chi connectivity index (χ2n) is 2.32. The maximum atomic E-state index is 8.52. The van der Waals surface area contributed by atoms with Gasteiger partial charge < -0.3 is 5.41 Å². The minimum Gasteiger partial charge on any atom is -0.313 e. The predicted molar refractivity (Wildman–Crippen MR) is 42.0 cm³/mol. The zero-order valence-corrected chi connectivity index (χ0v) is 6.38. The van der Waals surface area contributed by atoms with Crippen LogP contribution in [-0.4, -0.2) is 6.21 Å². The molecule has 11 heavy (non-hydrogen) atoms. The molecule has 0 amide bonds. The molecule has 0 aliphatic carbocycles. The molecule has 58 valence electrons. The highest BCUT2D eigenvalue weighted by Gasteiger charge is 2.03. The SMILES string of the molecule is N#CCCCC(C#N)CC=N. The van der Waals surface area contributed by atoms with Gasteiger partial charge >= 0.3 is 0 Å². The van der Waals surface area contributed by atoms with Gasteiger partial charge in [-0.25, -0.2) is 0 Å². The first-order valence-corrected chi connectivity index (χ1v) is 3.60. The van der Waals surface area contributed by atoms with E-state index < -0.39 is 0 Å². The van der Waals surface area contributed by atoms with Crippen LogP contribution in [0.15, 0.2) is 0 Å². The lowest BCUT2D eigenvalue weighted by Crippen LogP contribution is -1.96. The molecule has 1 unspecified atom stereocenters. The molecule has 0 rings (SSSR count). The average molecular weight is 149 g/mol. The number of nitriles is 2. The van der Waals surface area contributed by atoms with E-state index in [0.29, 0.717) is 12.8 Å². The summed E-state index contributed by atoms with van der Waals surface area (Å²) in [6.45, 7) is 0. The number of hydrogen-bond acceptors (Lipinski definition) is 3. The number of nitrogens with one attached hydrogen (secondary N) is 1. The van der Waals surface area contributed by atoms with Crippen molar-refractivity contribution in [3.8, 4) is 12.1 Å². The summed E-state index contributed by atoms with van der Waals surface area (Å²) in [7, 11) is 0. The molecule has 0 aliphatic rings. The summed E-state index contributed by atoms with van der Waals surface area (Å²) in [4.78, 5) is 0. The Labute approximate surface area is 66.8 Å². The Kier molecular flexibility index (Phi) is 5.94. The third-order valence-corrected chi connectivity index (χ3v) is 1.43. The largest absolute Gasteiger partial charge is 0.313 e. The Balaban J connectivity index is 3.47. The van der Waals surface area contributed by atoms with Crippen LogP contribution < -0.4 is 0 Å². The third kappa shape index (κ3) is 5.11. The van der Waals surface area contributed by atoms with Crippen molar-refractivity contribution in [2.45, 2.75) is 25.7 Å². The molecule has 0 radical (unpaired) electrons. The fourth-order valence-corrected chi connectivity index (χ4v) is 0.805. The van der Waals surface area contributed by atoms with E-state index >= 15 is 0 Å². The number of unbranched alkanes of at least 4 members (excludes halogenated alkanes) is 1. The zero-order valence-electron chi connectivity index (χ0n) is 6.38. The van der Waals surface area contributed by atoms with Crippen LogP contribution in [0.2, 0.25) is 0 Å². The van der Waals surface area contributed by atoms with E-state index in [1.54, 1.807) is 0 Å². The summed E-state index contributed by atoms with van der Waals surface area (Å²) in [5.41, 5.74) is 0. The van der Waals surface area contributed by atoms with Crippen molar-refractivity contribution in [3.05, 3.63) is 0 Å². The number of rotatable bonds is 5. The normalized spacial score (nSPS) is 11.1. The van der Waals surface area contributed by atoms with Crippen LogP contribution in [0.1, 0.15) is 25.7 Å². The lowest BCUT2D eigenvalue weighted by Gasteiger charge is -2.01. The molecule has 0 saturated heterocycles. The average Bonchev–Trinajstić information content (AvgIpc) is 2.03. The Hall–Kier alpha value is -1.35. The molecule has 0 heterocycles. The van der Waals surface area contributed by atoms with E-state index in [0.717, 1.165) is 12.8 Å². The molecule has 0 bridgehead atoms. The monoisotopic (exact) mass is 149 g/mol. The molecular formula is C8H11N3. The van der Waals surface area contributed by atoms with Gasteiger partial charge in [-0.15, -0.1) is 0 Å². The maximum absolute atomic E-state index is 8.52. The molecule has 0 aromatic carbocycles. The lowest BCUT2D eigenvalue weighted by molar-refractivity contribution is 0.599. The lowest BCUT2D eigenvalue weighted by atomic mass is 10.0. The standard InChI is InChI=1S/C8H11N3/c9-5-2-1-3-8(7-11)4-6-10/h6,8,10H,1-4H2. The molecule has 0 aromatic heterocycles. The summed E-state index contributed by atoms with van der Waals surface area (Å²) in [6.07, 6.45) is 3.78. The summed E-state index contributed by atoms with van der Waals surface area (Å²) in [5.74, 6) is -0.0687. The van der Waals surface area contributed by atoms with Crippen molar-refractivity contribution in [1.29, 1.82) is 15.9 Å². The Morgan fingerprint density at radius 3 is 2.64 bits per heavy atom. The molecule has 0 fully saturated rings. The van der Waals surface area contributed by atoms with Crippen molar-refractivity contribution < 1.29 is 0 Å². The number of hydrogen-bond donors (Lipinski definition) is 1. The first kappa shape index (κ1) is 9.65. The van der Waals surface area contributed by atoms with E-state index in [-0.39, 0.29) is 5.92 Å². The molecule has 1 atom stereocenters. The van der Waals surface area contributed by atoms with E-state index in [4.69, 9.17) is 15.9 Å². The Bertz CT molecular complexity index is 184. The molecule has 0 saturated carbocycles. The van der Waals surface area contributed by atoms with Crippen molar-refractivity contribution in [2.24, 2.45) is 5.92 Å². The van der Waals surface area contributed by atoms with Crippen LogP contribution in [0.3, 0.4) is 0 Å². The van der Waals surface area contributed by atoms with Crippen molar-refractivity contribution in [3.63, 3.8) is 0 Å². The third-order valence-electron chi connectivity index (χ3n) is 1.43. The van der Waals surface area contributed by atoms with Gasteiger partial charge in [0.1, 0.15) is 0 Å². The minimum absolute atomic E-state index is 0.0687. The van der Waals surface area contributed by atoms with Gasteiger partial charge in [0.05, 0.1) is 18.1 Å². The summed E-state index contributed by atoms with van der Waals surface area (Å²) in [6, 6.07) is 4.12. The van der Waals surface area contributed by atoms with E-state index in [9.17, 15) is 0 Å². The quantitative estimate of drug-likeness (QED) is 0.478. The van der Waals surface area contributed by atoms with Crippen LogP contribution >= 0.6 is 0 Å². The van der Waals surface area contributed by atoms with Crippen LogP contribution in [0.4, 0.5) is 0 Å². The van der Waals surface area contributed by atoms with Gasteiger partial charge in [0.25, 0.3) is 0 Å². The molecule has 0 spiro atoms. The molecular weight excluding hydrogens is 138 g/mol. The number of nitrogens with zero attached hydrogens (tertiary/aromatic N) is 2. The predicted octanol–water partition coefficient (Wildman–Crippen LogP) is 1.86. The Morgan fingerprint density at radius 2 is 2.18 bits per heavy atom. The van der Waals surface area contributed by atoms with Gasteiger partial charge in [-0.1, -0.05) is 0 Å². The van der Waals surface area contributed by atoms with Crippen LogP contribution in [-0.2, 0) is 0 Å². The van der Waals surface area contributed by atoms with Crippen LogP contribution in [0.25, 0.3) is 0 Å². The first-order chi connectivity index (χ1) is 5.35. The van der Waals surface area contributed by atoms with E-state index in [2.05, 4.69) is 6.07 Å². The molecule has 3 heteroatoms. The fraction of sp³-hybridized carbons (Fsp3) is 0.625. The second kappa shape index (κ2) is 6.77. The zero-order chi connectivity index (χ0) is 8.53. The summed E-state index contributed by atoms with van der Waals surface area (Å²) in [5, 5.41) is 23.5. The van der Waals surface area contributed by atoms with Gasteiger partial charge in [0, 0.05) is 6.42 Å². The smallest absolute Gasteiger partial charge is 0.0659 e. The van der Waals surface area contributed by atoms with Crippen molar-refractivity contribution in [1.82, 2.24) is 0 Å². The topological polar surface area (TPSA) is 71.4 Å². The van der Waals surface area contributed by atoms with Gasteiger partial charge in [-0.2, -0.15) is 10.5 Å². The molecule has 1 N–H and O–H groups in total. The van der Waals surface area contributed by atoms with Gasteiger partial charge in [0.15, 0.2) is 0 Å². The van der Waals surface area contributed by atoms with E-state index in [1.807, 2.05) is 6.07 Å². The van der Waals surface area contributed by atoms with Crippen LogP contribution in [0, 0.1) is 34.0 Å². The Morgan fingerprint density at radius 1 is 1.45 bits per heavy atom. The van der Waals surface area contributed by atoms with Gasteiger partial charge in [0.2, 0.25) is 0 Å². The molecule has 3 nitrogen and oxygen atoms in total. The van der Waals surface area contributed by atoms with Crippen molar-refractivity contribution >= 4 is 6.21 Å². The fourth-order valence-electron chi connectivity index (χ4n) is 0.805. The van der Waals surface area contributed by atoms with Crippen molar-refractivity contribution in [2.75, 3.05) is 0 Å². The minimum atomic E-state index is -0.0687. The summed E-state index contributed by atoms with van der Waals surface area (Å²) >= 11 is 0. The second-order valence-corrected chi connectivity index (χ2v) is 2.32. The molecule has 0 aliphatic heterocycles. The highest BCUT2D eigenvalue weighted by Crippen LogP contribution is 2.09. The highest BCUT2D eigenvalue weighted by molar-refractivity contribution is 5.53. The summed E-state index contributed by atoms with van der Waals surface area (Å²) < 4.78 is 0. The molecule has 0 aromatic rings. The first-order valence-electron chi connectivity index (χ1n) is 3.60. The maximum Gasteiger partial charge on any atom is 0.0659 e. The van der Waals surface area contributed by atoms with Gasteiger partial charge in [-0.05, 0) is 25.5 Å². The van der Waals surface area contributed by atoms with Crippen LogP contribution in [0.5, 0.6) is 0 Å².